The van der Waals surface area contributed by atoms with Crippen molar-refractivity contribution in [3.8, 4) is 16.9 Å². The first-order valence-electron chi connectivity index (χ1n) is 16.1. The van der Waals surface area contributed by atoms with Gasteiger partial charge in [-0.1, -0.05) is 62.7 Å². The second-order valence-electron chi connectivity index (χ2n) is 14.3. The lowest BCUT2D eigenvalue weighted by atomic mass is 9.75. The Bertz CT molecular complexity index is 1950. The van der Waals surface area contributed by atoms with Crippen molar-refractivity contribution in [1.82, 2.24) is 29.4 Å². The standard InChI is InChI=1S/C35H38ClF3N8O3/c1-33(2,3)18-35(22-9-6-20(7-10-22)25-12-13-45(5)44-25)31(49)46(32(40)43-35)27(17-50-28(48)15-23-16-34(23,4)39)21-8-11-24(36)26(14-21)47-30(29(37)38)41-19-42-47/h6-14,19,23,27,29H,15-18H2,1-5H3,(H2,40,43)/t23-,27+,34?,35+/m0/s1. The summed E-state index contributed by atoms with van der Waals surface area (Å²) >= 11 is 6.47. The van der Waals surface area contributed by atoms with E-state index < -0.39 is 52.7 Å². The van der Waals surface area contributed by atoms with E-state index in [0.29, 0.717) is 11.1 Å². The summed E-state index contributed by atoms with van der Waals surface area (Å²) in [5.41, 5.74) is 5.92. The fourth-order valence-corrected chi connectivity index (χ4v) is 6.70. The maximum absolute atomic E-state index is 14.9. The lowest BCUT2D eigenvalue weighted by Gasteiger charge is -2.35. The van der Waals surface area contributed by atoms with Gasteiger partial charge in [-0.2, -0.15) is 10.2 Å². The second-order valence-corrected chi connectivity index (χ2v) is 14.7. The van der Waals surface area contributed by atoms with Crippen LogP contribution in [-0.2, 0) is 26.9 Å². The van der Waals surface area contributed by atoms with Gasteiger partial charge in [-0.25, -0.2) is 27.8 Å². The number of guanidine groups is 1. The molecule has 1 amide bonds. The average molecular weight is 711 g/mol. The molecule has 0 saturated heterocycles. The Hall–Kier alpha value is -4.72. The van der Waals surface area contributed by atoms with Crippen LogP contribution < -0.4 is 5.73 Å². The minimum atomic E-state index is -2.96. The Morgan fingerprint density at radius 3 is 2.46 bits per heavy atom. The zero-order valence-corrected chi connectivity index (χ0v) is 29.0. The normalized spacial score (nSPS) is 22.6. The van der Waals surface area contributed by atoms with Gasteiger partial charge in [-0.05, 0) is 54.5 Å². The van der Waals surface area contributed by atoms with E-state index in [1.807, 2.05) is 64.3 Å². The van der Waals surface area contributed by atoms with Crippen LogP contribution in [0.2, 0.25) is 5.02 Å². The van der Waals surface area contributed by atoms with Crippen molar-refractivity contribution in [2.45, 2.75) is 70.6 Å². The average Bonchev–Trinajstić information content (AvgIpc) is 3.45. The summed E-state index contributed by atoms with van der Waals surface area (Å²) < 4.78 is 50.2. The Balaban J connectivity index is 1.40. The van der Waals surface area contributed by atoms with Gasteiger partial charge < -0.3 is 10.5 Å². The van der Waals surface area contributed by atoms with Crippen molar-refractivity contribution in [3.05, 3.63) is 83.0 Å². The summed E-state index contributed by atoms with van der Waals surface area (Å²) in [5, 5.41) is 8.49. The van der Waals surface area contributed by atoms with E-state index in [-0.39, 0.29) is 42.5 Å². The Morgan fingerprint density at radius 2 is 1.86 bits per heavy atom. The molecule has 0 bridgehead atoms. The highest BCUT2D eigenvalue weighted by molar-refractivity contribution is 6.32. The molecule has 50 heavy (non-hydrogen) atoms. The molecule has 11 nitrogen and oxygen atoms in total. The zero-order chi connectivity index (χ0) is 36.2. The highest BCUT2D eigenvalue weighted by atomic mass is 35.5. The highest BCUT2D eigenvalue weighted by Crippen LogP contribution is 2.49. The number of rotatable bonds is 11. The molecule has 3 heterocycles. The molecule has 4 aromatic rings. The number of aromatic nitrogens is 5. The van der Waals surface area contributed by atoms with Gasteiger partial charge in [-0.15, -0.1) is 0 Å². The molecule has 2 aromatic heterocycles. The van der Waals surface area contributed by atoms with Crippen LogP contribution in [0.1, 0.15) is 76.4 Å². The van der Waals surface area contributed by atoms with Gasteiger partial charge in [0.25, 0.3) is 12.3 Å². The van der Waals surface area contributed by atoms with Gasteiger partial charge in [0, 0.05) is 24.7 Å². The quantitative estimate of drug-likeness (QED) is 0.176. The Kier molecular flexibility index (Phi) is 9.04. The predicted octanol–water partition coefficient (Wildman–Crippen LogP) is 6.47. The molecule has 1 aliphatic heterocycles. The number of ether oxygens (including phenoxy) is 1. The summed E-state index contributed by atoms with van der Waals surface area (Å²) in [5.74, 6) is -2.36. The first kappa shape index (κ1) is 35.1. The first-order valence-corrected chi connectivity index (χ1v) is 16.5. The van der Waals surface area contributed by atoms with Gasteiger partial charge in [0.1, 0.15) is 18.6 Å². The minimum absolute atomic E-state index is 0.0627. The molecule has 6 rings (SSSR count). The Morgan fingerprint density at radius 1 is 1.16 bits per heavy atom. The summed E-state index contributed by atoms with van der Waals surface area (Å²) in [6.07, 6.45) is 0.231. The number of carbonyl (C=O) groups excluding carboxylic acids is 2. The van der Waals surface area contributed by atoms with E-state index in [1.54, 1.807) is 10.7 Å². The van der Waals surface area contributed by atoms with Crippen LogP contribution in [0.4, 0.5) is 13.2 Å². The number of halogens is 4. The van der Waals surface area contributed by atoms with Crippen LogP contribution in [0.25, 0.3) is 16.9 Å². The molecule has 264 valence electrons. The molecule has 1 aliphatic carbocycles. The van der Waals surface area contributed by atoms with Crippen LogP contribution in [-0.4, -0.2) is 59.6 Å². The number of aryl methyl sites for hydroxylation is 1. The van der Waals surface area contributed by atoms with E-state index in [9.17, 15) is 22.8 Å². The smallest absolute Gasteiger partial charge is 0.306 e. The maximum atomic E-state index is 14.9. The summed E-state index contributed by atoms with van der Waals surface area (Å²) in [7, 11) is 1.82. The van der Waals surface area contributed by atoms with E-state index >= 15 is 0 Å². The monoisotopic (exact) mass is 710 g/mol. The molecule has 1 unspecified atom stereocenters. The summed E-state index contributed by atoms with van der Waals surface area (Å²) in [4.78, 5) is 37.6. The van der Waals surface area contributed by atoms with Crippen LogP contribution in [0.15, 0.2) is 66.0 Å². The molecule has 1 saturated carbocycles. The van der Waals surface area contributed by atoms with Crippen LogP contribution in [0.5, 0.6) is 0 Å². The molecule has 0 radical (unpaired) electrons. The fraction of sp³-hybridized carbons (Fsp3) is 0.429. The van der Waals surface area contributed by atoms with E-state index in [1.165, 1.54) is 24.0 Å². The predicted molar refractivity (Wildman–Crippen MR) is 180 cm³/mol. The number of nitrogens with zero attached hydrogens (tertiary/aromatic N) is 7. The summed E-state index contributed by atoms with van der Waals surface area (Å²) in [6, 6.07) is 12.7. The van der Waals surface area contributed by atoms with Gasteiger partial charge >= 0.3 is 5.97 Å². The number of alkyl halides is 3. The molecular weight excluding hydrogens is 673 g/mol. The van der Waals surface area contributed by atoms with Gasteiger partial charge in [0.2, 0.25) is 0 Å². The minimum Gasteiger partial charge on any atom is -0.463 e. The molecule has 2 aliphatic rings. The lowest BCUT2D eigenvalue weighted by molar-refractivity contribution is -0.148. The van der Waals surface area contributed by atoms with Crippen LogP contribution in [0.3, 0.4) is 0 Å². The third-order valence-electron chi connectivity index (χ3n) is 9.10. The first-order chi connectivity index (χ1) is 23.5. The molecule has 2 aromatic carbocycles. The van der Waals surface area contributed by atoms with Crippen molar-refractivity contribution in [2.75, 3.05) is 6.61 Å². The van der Waals surface area contributed by atoms with Gasteiger partial charge in [0.05, 0.1) is 28.9 Å². The molecule has 1 fully saturated rings. The number of hydrogen-bond donors (Lipinski definition) is 1. The molecule has 2 N–H and O–H groups in total. The molecule has 0 spiro atoms. The van der Waals surface area contributed by atoms with Crippen molar-refractivity contribution in [3.63, 3.8) is 0 Å². The number of nitrogens with two attached hydrogens (primary N) is 1. The largest absolute Gasteiger partial charge is 0.463 e. The van der Waals surface area contributed by atoms with Crippen LogP contribution in [0, 0.1) is 11.3 Å². The SMILES string of the molecule is Cn1ccc(-c2ccc([C@@]3(CC(C)(C)C)N=C(N)N([C@H](COC(=O)C[C@H]4CC4(C)F)c4ccc(Cl)c(-n5ncnc5C(F)F)c4)C3=O)cc2)n1. The fourth-order valence-electron chi connectivity index (χ4n) is 6.50. The highest BCUT2D eigenvalue weighted by Gasteiger charge is 2.54. The van der Waals surface area contributed by atoms with Crippen molar-refractivity contribution < 1.29 is 27.5 Å². The lowest BCUT2D eigenvalue weighted by Crippen LogP contribution is -2.47. The number of benzene rings is 2. The summed E-state index contributed by atoms with van der Waals surface area (Å²) in [6.45, 7) is 7.00. The van der Waals surface area contributed by atoms with Crippen molar-refractivity contribution in [2.24, 2.45) is 29.1 Å². The number of hydrogen-bond acceptors (Lipinski definition) is 8. The topological polar surface area (TPSA) is 134 Å². The zero-order valence-electron chi connectivity index (χ0n) is 28.3. The molecule has 4 atom stereocenters. The third kappa shape index (κ3) is 6.85. The number of esters is 1. The Labute approximate surface area is 292 Å². The van der Waals surface area contributed by atoms with E-state index in [0.717, 1.165) is 22.3 Å². The van der Waals surface area contributed by atoms with E-state index in [4.69, 9.17) is 27.1 Å². The maximum Gasteiger partial charge on any atom is 0.306 e. The third-order valence-corrected chi connectivity index (χ3v) is 9.42. The number of amides is 1. The van der Waals surface area contributed by atoms with Crippen molar-refractivity contribution in [1.29, 1.82) is 0 Å². The van der Waals surface area contributed by atoms with Gasteiger partial charge in [0.15, 0.2) is 17.3 Å². The van der Waals surface area contributed by atoms with Crippen molar-refractivity contribution >= 4 is 29.4 Å². The van der Waals surface area contributed by atoms with Gasteiger partial charge in [-0.3, -0.25) is 19.2 Å². The van der Waals surface area contributed by atoms with Crippen LogP contribution >= 0.6 is 11.6 Å². The molecular formula is C35H38ClF3N8O3. The number of carbonyl (C=O) groups is 2. The number of aliphatic imine (C=N–C) groups is 1. The molecule has 15 heteroatoms. The second kappa shape index (κ2) is 12.9. The van der Waals surface area contributed by atoms with E-state index in [2.05, 4.69) is 15.2 Å².